The van der Waals surface area contributed by atoms with Gasteiger partial charge in [-0.25, -0.2) is 0 Å². The highest BCUT2D eigenvalue weighted by Crippen LogP contribution is 2.32. The minimum absolute atomic E-state index is 0.0456. The van der Waals surface area contributed by atoms with Gasteiger partial charge in [0.05, 0.1) is 5.57 Å². The molecule has 1 aromatic carbocycles. The lowest BCUT2D eigenvalue weighted by atomic mass is 10.1. The Labute approximate surface area is 107 Å². The van der Waals surface area contributed by atoms with Crippen LogP contribution in [-0.2, 0) is 4.79 Å². The first kappa shape index (κ1) is 12.2. The number of aromatic amines is 1. The molecule has 0 saturated heterocycles. The minimum Gasteiger partial charge on any atom is -0.362 e. The second kappa shape index (κ2) is 5.36. The first-order valence-electron chi connectivity index (χ1n) is 6.10. The Bertz CT molecular complexity index is 568. The molecule has 2 aromatic rings. The third-order valence-electron chi connectivity index (χ3n) is 2.63. The number of amides is 1. The number of carbonyl (C=O) groups is 1. The molecule has 0 bridgehead atoms. The van der Waals surface area contributed by atoms with E-state index < -0.39 is 0 Å². The van der Waals surface area contributed by atoms with Gasteiger partial charge in [-0.1, -0.05) is 32.0 Å². The smallest absolute Gasteiger partial charge is 0.256 e. The van der Waals surface area contributed by atoms with E-state index in [2.05, 4.69) is 10.3 Å². The van der Waals surface area contributed by atoms with Gasteiger partial charge in [0.2, 0.25) is 0 Å². The monoisotopic (exact) mass is 240 g/mol. The van der Waals surface area contributed by atoms with Gasteiger partial charge in [-0.2, -0.15) is 0 Å². The van der Waals surface area contributed by atoms with Gasteiger partial charge < -0.3 is 10.3 Å². The van der Waals surface area contributed by atoms with Crippen molar-refractivity contribution in [3.05, 3.63) is 53.9 Å². The summed E-state index contributed by atoms with van der Waals surface area (Å²) in [6.45, 7) is 4.00. The van der Waals surface area contributed by atoms with Gasteiger partial charge in [-0.05, 0) is 24.3 Å². The van der Waals surface area contributed by atoms with Gasteiger partial charge in [-0.15, -0.1) is 0 Å². The molecular weight excluding hydrogens is 224 g/mol. The number of carbonyl (C=O) groups excluding carboxylic acids is 1. The largest absolute Gasteiger partial charge is 0.362 e. The second-order valence-corrected chi connectivity index (χ2v) is 3.68. The number of fused-ring (bicyclic) bond motifs is 1. The van der Waals surface area contributed by atoms with E-state index in [1.54, 1.807) is 0 Å². The molecule has 0 unspecified atom stereocenters. The summed E-state index contributed by atoms with van der Waals surface area (Å²) in [4.78, 5) is 14.8. The summed E-state index contributed by atoms with van der Waals surface area (Å²) in [5, 5.41) is 2.84. The van der Waals surface area contributed by atoms with Crippen molar-refractivity contribution in [2.24, 2.45) is 0 Å². The van der Waals surface area contributed by atoms with Crippen molar-refractivity contribution in [1.82, 2.24) is 4.98 Å². The third kappa shape index (κ3) is 2.20. The molecule has 0 atom stereocenters. The van der Waals surface area contributed by atoms with Crippen molar-refractivity contribution in [1.29, 1.82) is 0 Å². The molecule has 3 nitrogen and oxygen atoms in total. The van der Waals surface area contributed by atoms with Crippen molar-refractivity contribution in [3.63, 3.8) is 0 Å². The van der Waals surface area contributed by atoms with Crippen LogP contribution in [0.15, 0.2) is 42.6 Å². The van der Waals surface area contributed by atoms with Crippen molar-refractivity contribution < 1.29 is 4.79 Å². The summed E-state index contributed by atoms with van der Waals surface area (Å²) in [7, 11) is 0. The fourth-order valence-corrected chi connectivity index (χ4v) is 1.87. The molecule has 0 fully saturated rings. The number of benzene rings is 1. The second-order valence-electron chi connectivity index (χ2n) is 3.68. The minimum atomic E-state index is -0.0456. The molecule has 1 aliphatic rings. The lowest BCUT2D eigenvalue weighted by Crippen LogP contribution is -2.03. The van der Waals surface area contributed by atoms with Gasteiger partial charge >= 0.3 is 0 Å². The lowest BCUT2D eigenvalue weighted by molar-refractivity contribution is -0.110. The number of hydrogen-bond donors (Lipinski definition) is 2. The SMILES string of the molecule is CC.O=C1Nc2ccccc2/C1=C/c1ccc[nH]1. The maximum Gasteiger partial charge on any atom is 0.256 e. The highest BCUT2D eigenvalue weighted by molar-refractivity contribution is 6.34. The number of H-pyrrole nitrogens is 1. The Morgan fingerprint density at radius 3 is 2.56 bits per heavy atom. The molecule has 2 heterocycles. The molecular formula is C15H16N2O. The number of nitrogens with one attached hydrogen (secondary N) is 2. The van der Waals surface area contributed by atoms with Crippen LogP contribution in [0.5, 0.6) is 0 Å². The lowest BCUT2D eigenvalue weighted by Gasteiger charge is -1.95. The fourth-order valence-electron chi connectivity index (χ4n) is 1.87. The molecule has 2 N–H and O–H groups in total. The summed E-state index contributed by atoms with van der Waals surface area (Å²) in [6.07, 6.45) is 3.70. The molecule has 18 heavy (non-hydrogen) atoms. The van der Waals surface area contributed by atoms with Crippen LogP contribution in [0, 0.1) is 0 Å². The van der Waals surface area contributed by atoms with E-state index in [0.717, 1.165) is 16.9 Å². The topological polar surface area (TPSA) is 44.9 Å². The van der Waals surface area contributed by atoms with Gasteiger partial charge in [0.25, 0.3) is 5.91 Å². The predicted octanol–water partition coefficient (Wildman–Crippen LogP) is 3.53. The Kier molecular flexibility index (Phi) is 3.63. The van der Waals surface area contributed by atoms with Crippen molar-refractivity contribution >= 4 is 23.2 Å². The zero-order valence-corrected chi connectivity index (χ0v) is 10.5. The molecule has 1 aliphatic heterocycles. The van der Waals surface area contributed by atoms with Crippen LogP contribution >= 0.6 is 0 Å². The van der Waals surface area contributed by atoms with Crippen LogP contribution in [-0.4, -0.2) is 10.9 Å². The standard InChI is InChI=1S/C13H10N2O.C2H6/c16-13-11(8-9-4-3-7-14-9)10-5-1-2-6-12(10)15-13;1-2/h1-8,14H,(H,15,16);1-2H3/b11-8-;. The molecule has 3 heteroatoms. The van der Waals surface area contributed by atoms with E-state index in [4.69, 9.17) is 0 Å². The third-order valence-corrected chi connectivity index (χ3v) is 2.63. The van der Waals surface area contributed by atoms with Gasteiger partial charge in [0.1, 0.15) is 0 Å². The summed E-state index contributed by atoms with van der Waals surface area (Å²) in [5.41, 5.74) is 3.48. The molecule has 0 radical (unpaired) electrons. The van der Waals surface area contributed by atoms with Crippen LogP contribution in [0.3, 0.4) is 0 Å². The first-order valence-corrected chi connectivity index (χ1v) is 6.10. The molecule has 0 aliphatic carbocycles. The number of hydrogen-bond acceptors (Lipinski definition) is 1. The number of para-hydroxylation sites is 1. The first-order chi connectivity index (χ1) is 8.84. The maximum atomic E-state index is 11.8. The molecule has 0 saturated carbocycles. The van der Waals surface area contributed by atoms with Crippen molar-refractivity contribution in [2.45, 2.75) is 13.8 Å². The zero-order chi connectivity index (χ0) is 13.0. The fraction of sp³-hybridized carbons (Fsp3) is 0.133. The van der Waals surface area contributed by atoms with E-state index in [1.807, 2.05) is 62.5 Å². The number of rotatable bonds is 1. The zero-order valence-electron chi connectivity index (χ0n) is 10.5. The number of aromatic nitrogens is 1. The Morgan fingerprint density at radius 1 is 1.06 bits per heavy atom. The highest BCUT2D eigenvalue weighted by Gasteiger charge is 2.23. The van der Waals surface area contributed by atoms with Crippen LogP contribution in [0.4, 0.5) is 5.69 Å². The average molecular weight is 240 g/mol. The summed E-state index contributed by atoms with van der Waals surface area (Å²) in [5.74, 6) is -0.0456. The molecule has 92 valence electrons. The Morgan fingerprint density at radius 2 is 1.83 bits per heavy atom. The van der Waals surface area contributed by atoms with Crippen molar-refractivity contribution in [3.8, 4) is 0 Å². The van der Waals surface area contributed by atoms with Gasteiger partial charge in [0.15, 0.2) is 0 Å². The van der Waals surface area contributed by atoms with E-state index >= 15 is 0 Å². The molecule has 1 aromatic heterocycles. The quantitative estimate of drug-likeness (QED) is 0.736. The molecule has 3 rings (SSSR count). The maximum absolute atomic E-state index is 11.8. The summed E-state index contributed by atoms with van der Waals surface area (Å²) >= 11 is 0. The average Bonchev–Trinajstić information content (AvgIpc) is 3.02. The number of anilines is 1. The predicted molar refractivity (Wildman–Crippen MR) is 75.1 cm³/mol. The van der Waals surface area contributed by atoms with E-state index in [0.29, 0.717) is 5.57 Å². The van der Waals surface area contributed by atoms with Crippen molar-refractivity contribution in [2.75, 3.05) is 5.32 Å². The van der Waals surface area contributed by atoms with Gasteiger partial charge in [0, 0.05) is 23.1 Å². The molecule has 0 spiro atoms. The van der Waals surface area contributed by atoms with E-state index in [9.17, 15) is 4.79 Å². The Hall–Kier alpha value is -2.29. The van der Waals surface area contributed by atoms with Crippen LogP contribution < -0.4 is 5.32 Å². The van der Waals surface area contributed by atoms with E-state index in [-0.39, 0.29) is 5.91 Å². The summed E-state index contributed by atoms with van der Waals surface area (Å²) < 4.78 is 0. The van der Waals surface area contributed by atoms with Crippen LogP contribution in [0.25, 0.3) is 11.6 Å². The van der Waals surface area contributed by atoms with Gasteiger partial charge in [-0.3, -0.25) is 4.79 Å². The summed E-state index contributed by atoms with van der Waals surface area (Å²) in [6, 6.07) is 11.5. The van der Waals surface area contributed by atoms with Crippen LogP contribution in [0.1, 0.15) is 25.1 Å². The highest BCUT2D eigenvalue weighted by atomic mass is 16.2. The molecule has 1 amide bonds. The normalized spacial score (nSPS) is 14.8. The van der Waals surface area contributed by atoms with Crippen LogP contribution in [0.2, 0.25) is 0 Å². The Balaban J connectivity index is 0.000000574. The van der Waals surface area contributed by atoms with E-state index in [1.165, 1.54) is 0 Å².